The van der Waals surface area contributed by atoms with Gasteiger partial charge in [0.1, 0.15) is 0 Å². The quantitative estimate of drug-likeness (QED) is 0.760. The maximum atomic E-state index is 5.65. The Balaban J connectivity index is 2.32. The maximum Gasteiger partial charge on any atom is -0.00714 e. The lowest BCUT2D eigenvalue weighted by Crippen LogP contribution is -2.14. The van der Waals surface area contributed by atoms with E-state index in [9.17, 15) is 0 Å². The number of aryl methyl sites for hydroxylation is 2. The van der Waals surface area contributed by atoms with Crippen molar-refractivity contribution in [2.45, 2.75) is 38.5 Å². The summed E-state index contributed by atoms with van der Waals surface area (Å²) in [6.07, 6.45) is 5.07. The van der Waals surface area contributed by atoms with E-state index >= 15 is 0 Å². The van der Waals surface area contributed by atoms with Gasteiger partial charge in [0, 0.05) is 0 Å². The summed E-state index contributed by atoms with van der Waals surface area (Å²) >= 11 is 0. The van der Waals surface area contributed by atoms with Crippen LogP contribution in [-0.4, -0.2) is 6.54 Å². The third kappa shape index (κ3) is 1.83. The second kappa shape index (κ2) is 4.14. The molecule has 0 heterocycles. The van der Waals surface area contributed by atoms with Gasteiger partial charge in [0.25, 0.3) is 0 Å². The minimum Gasteiger partial charge on any atom is -0.330 e. The topological polar surface area (TPSA) is 26.0 Å². The fraction of sp³-hybridized carbons (Fsp3) is 0.538. The van der Waals surface area contributed by atoms with Gasteiger partial charge in [-0.15, -0.1) is 0 Å². The second-order valence-corrected chi connectivity index (χ2v) is 4.37. The molecule has 1 heteroatoms. The van der Waals surface area contributed by atoms with Gasteiger partial charge in [0.2, 0.25) is 0 Å². The highest BCUT2D eigenvalue weighted by Crippen LogP contribution is 2.33. The highest BCUT2D eigenvalue weighted by molar-refractivity contribution is 5.36. The van der Waals surface area contributed by atoms with E-state index in [0.29, 0.717) is 0 Å². The Morgan fingerprint density at radius 3 is 3.07 bits per heavy atom. The van der Waals surface area contributed by atoms with E-state index in [2.05, 4.69) is 25.1 Å². The zero-order valence-corrected chi connectivity index (χ0v) is 8.92. The molecule has 0 saturated carbocycles. The van der Waals surface area contributed by atoms with Crippen LogP contribution in [0, 0.1) is 6.92 Å². The molecule has 0 amide bonds. The van der Waals surface area contributed by atoms with Crippen molar-refractivity contribution in [2.24, 2.45) is 5.73 Å². The fourth-order valence-corrected chi connectivity index (χ4v) is 2.52. The molecule has 0 unspecified atom stereocenters. The number of rotatable bonds is 2. The molecule has 1 aromatic carbocycles. The van der Waals surface area contributed by atoms with E-state index in [0.717, 1.165) is 18.9 Å². The van der Waals surface area contributed by atoms with Gasteiger partial charge in [0.05, 0.1) is 0 Å². The van der Waals surface area contributed by atoms with Crippen LogP contribution in [0.5, 0.6) is 0 Å². The molecule has 0 radical (unpaired) electrons. The van der Waals surface area contributed by atoms with Crippen molar-refractivity contribution in [3.63, 3.8) is 0 Å². The van der Waals surface area contributed by atoms with Gasteiger partial charge in [-0.1, -0.05) is 23.8 Å². The lowest BCUT2D eigenvalue weighted by molar-refractivity contribution is 0.525. The summed E-state index contributed by atoms with van der Waals surface area (Å²) < 4.78 is 0. The average molecular weight is 189 g/mol. The van der Waals surface area contributed by atoms with Gasteiger partial charge in [-0.25, -0.2) is 0 Å². The van der Waals surface area contributed by atoms with E-state index in [1.807, 2.05) is 0 Å². The third-order valence-corrected chi connectivity index (χ3v) is 3.26. The smallest absolute Gasteiger partial charge is 0.00714 e. The van der Waals surface area contributed by atoms with Crippen LogP contribution in [0.3, 0.4) is 0 Å². The van der Waals surface area contributed by atoms with Crippen LogP contribution in [0.1, 0.15) is 41.9 Å². The standard InChI is InChI=1S/C13H19N/c1-10-5-6-11-3-2-4-12(7-8-14)13(11)9-10/h5-6,9,12H,2-4,7-8,14H2,1H3/t12-/m1/s1. The van der Waals surface area contributed by atoms with E-state index in [1.165, 1.54) is 24.8 Å². The second-order valence-electron chi connectivity index (χ2n) is 4.37. The summed E-state index contributed by atoms with van der Waals surface area (Å²) in [6, 6.07) is 6.88. The molecule has 0 aliphatic heterocycles. The van der Waals surface area contributed by atoms with Crippen molar-refractivity contribution < 1.29 is 0 Å². The molecule has 76 valence electrons. The van der Waals surface area contributed by atoms with Gasteiger partial charge in [0.15, 0.2) is 0 Å². The number of benzene rings is 1. The van der Waals surface area contributed by atoms with Gasteiger partial charge in [-0.3, -0.25) is 0 Å². The van der Waals surface area contributed by atoms with E-state index in [-0.39, 0.29) is 0 Å². The van der Waals surface area contributed by atoms with Crippen LogP contribution in [0.2, 0.25) is 0 Å². The lowest BCUT2D eigenvalue weighted by Gasteiger charge is -2.25. The van der Waals surface area contributed by atoms with E-state index in [1.54, 1.807) is 11.1 Å². The first kappa shape index (κ1) is 9.72. The fourth-order valence-electron chi connectivity index (χ4n) is 2.52. The Morgan fingerprint density at radius 2 is 2.29 bits per heavy atom. The largest absolute Gasteiger partial charge is 0.330 e. The molecule has 0 bridgehead atoms. The summed E-state index contributed by atoms with van der Waals surface area (Å²) in [5, 5.41) is 0. The van der Waals surface area contributed by atoms with E-state index in [4.69, 9.17) is 5.73 Å². The molecule has 1 atom stereocenters. The summed E-state index contributed by atoms with van der Waals surface area (Å²) in [7, 11) is 0. The zero-order valence-electron chi connectivity index (χ0n) is 8.92. The van der Waals surface area contributed by atoms with Gasteiger partial charge < -0.3 is 5.73 Å². The Labute approximate surface area is 86.3 Å². The molecule has 0 saturated heterocycles. The predicted molar refractivity (Wildman–Crippen MR) is 60.5 cm³/mol. The van der Waals surface area contributed by atoms with Gasteiger partial charge >= 0.3 is 0 Å². The molecule has 1 nitrogen and oxygen atoms in total. The molecule has 14 heavy (non-hydrogen) atoms. The Kier molecular flexibility index (Phi) is 2.87. The normalized spacial score (nSPS) is 20.6. The third-order valence-electron chi connectivity index (χ3n) is 3.26. The van der Waals surface area contributed by atoms with Crippen LogP contribution >= 0.6 is 0 Å². The molecule has 1 aliphatic rings. The van der Waals surface area contributed by atoms with Crippen LogP contribution < -0.4 is 5.73 Å². The number of fused-ring (bicyclic) bond motifs is 1. The first-order valence-corrected chi connectivity index (χ1v) is 5.61. The predicted octanol–water partition coefficient (Wildman–Crippen LogP) is 2.76. The van der Waals surface area contributed by atoms with Crippen LogP contribution in [0.4, 0.5) is 0 Å². The molecule has 0 aromatic heterocycles. The van der Waals surface area contributed by atoms with Crippen molar-refractivity contribution in [3.8, 4) is 0 Å². The molecule has 0 spiro atoms. The number of hydrogen-bond donors (Lipinski definition) is 1. The first-order valence-electron chi connectivity index (χ1n) is 5.61. The van der Waals surface area contributed by atoms with Crippen molar-refractivity contribution in [1.82, 2.24) is 0 Å². The molecular formula is C13H19N. The molecule has 2 N–H and O–H groups in total. The van der Waals surface area contributed by atoms with Crippen molar-refractivity contribution in [1.29, 1.82) is 0 Å². The Hall–Kier alpha value is -0.820. The van der Waals surface area contributed by atoms with Crippen LogP contribution in [0.25, 0.3) is 0 Å². The Bertz CT molecular complexity index is 317. The minimum absolute atomic E-state index is 0.726. The van der Waals surface area contributed by atoms with Crippen molar-refractivity contribution >= 4 is 0 Å². The molecule has 1 aromatic rings. The first-order chi connectivity index (χ1) is 6.81. The highest BCUT2D eigenvalue weighted by Gasteiger charge is 2.18. The monoisotopic (exact) mass is 189 g/mol. The zero-order chi connectivity index (χ0) is 9.97. The van der Waals surface area contributed by atoms with Gasteiger partial charge in [-0.05, 0) is 56.2 Å². The lowest BCUT2D eigenvalue weighted by atomic mass is 9.80. The van der Waals surface area contributed by atoms with Crippen LogP contribution in [0.15, 0.2) is 18.2 Å². The summed E-state index contributed by atoms with van der Waals surface area (Å²) in [6.45, 7) is 2.99. The van der Waals surface area contributed by atoms with Crippen molar-refractivity contribution in [3.05, 3.63) is 34.9 Å². The van der Waals surface area contributed by atoms with Gasteiger partial charge in [-0.2, -0.15) is 0 Å². The maximum absolute atomic E-state index is 5.65. The Morgan fingerprint density at radius 1 is 1.43 bits per heavy atom. The number of nitrogens with two attached hydrogens (primary N) is 1. The van der Waals surface area contributed by atoms with Crippen LogP contribution in [-0.2, 0) is 6.42 Å². The summed E-state index contributed by atoms with van der Waals surface area (Å²) in [5.74, 6) is 0.726. The number of hydrogen-bond acceptors (Lipinski definition) is 1. The summed E-state index contributed by atoms with van der Waals surface area (Å²) in [4.78, 5) is 0. The summed E-state index contributed by atoms with van der Waals surface area (Å²) in [5.41, 5.74) is 10.2. The molecule has 1 aliphatic carbocycles. The molecular weight excluding hydrogens is 170 g/mol. The van der Waals surface area contributed by atoms with E-state index < -0.39 is 0 Å². The molecule has 0 fully saturated rings. The van der Waals surface area contributed by atoms with Crippen molar-refractivity contribution in [2.75, 3.05) is 6.54 Å². The molecule has 2 rings (SSSR count). The average Bonchev–Trinajstić information content (AvgIpc) is 2.19. The minimum atomic E-state index is 0.726. The SMILES string of the molecule is Cc1ccc2c(c1)[C@@H](CCN)CCC2. The highest BCUT2D eigenvalue weighted by atomic mass is 14.5.